The zero-order valence-electron chi connectivity index (χ0n) is 22.4. The fraction of sp³-hybridized carbons (Fsp3) is 0.200. The third-order valence-electron chi connectivity index (χ3n) is 7.19. The maximum absolute atomic E-state index is 13.8. The number of aromatic carboxylic acids is 1. The van der Waals surface area contributed by atoms with Gasteiger partial charge in [-0.05, 0) is 42.3 Å². The average molecular weight is 561 g/mol. The predicted molar refractivity (Wildman–Crippen MR) is 149 cm³/mol. The molecule has 4 aromatic rings. The summed E-state index contributed by atoms with van der Waals surface area (Å²) in [6.45, 7) is 1.85. The Hall–Kier alpha value is -4.57. The first-order valence-electron chi connectivity index (χ1n) is 12.4. The van der Waals surface area contributed by atoms with Crippen molar-refractivity contribution in [2.45, 2.75) is 23.7 Å². The number of aromatic nitrogens is 2. The van der Waals surface area contributed by atoms with E-state index in [0.29, 0.717) is 17.2 Å². The first kappa shape index (κ1) is 27.0. The third-order valence-corrected chi connectivity index (χ3v) is 8.81. The number of nitrogens with zero attached hydrogens (tertiary/aromatic N) is 2. The molecular formula is C30H28N2O7S. The molecule has 1 aromatic heterocycles. The number of methoxy groups -OCH3 is 3. The van der Waals surface area contributed by atoms with E-state index in [4.69, 9.17) is 14.2 Å². The number of carbonyl (C=O) groups is 1. The molecule has 1 N–H and O–H groups in total. The van der Waals surface area contributed by atoms with Crippen LogP contribution in [0.15, 0.2) is 77.7 Å². The van der Waals surface area contributed by atoms with Crippen LogP contribution in [-0.2, 0) is 21.9 Å². The minimum atomic E-state index is -4.22. The Labute approximate surface area is 232 Å². The van der Waals surface area contributed by atoms with Crippen LogP contribution in [0.25, 0.3) is 6.08 Å². The zero-order chi connectivity index (χ0) is 28.7. The van der Waals surface area contributed by atoms with Gasteiger partial charge in [-0.2, -0.15) is 12.5 Å². The van der Waals surface area contributed by atoms with E-state index in [0.717, 1.165) is 20.8 Å². The molecule has 0 amide bonds. The summed E-state index contributed by atoms with van der Waals surface area (Å²) in [4.78, 5) is 12.2. The van der Waals surface area contributed by atoms with Gasteiger partial charge in [-0.1, -0.05) is 60.2 Å². The van der Waals surface area contributed by atoms with E-state index in [1.807, 2.05) is 55.5 Å². The molecule has 5 rings (SSSR count). The van der Waals surface area contributed by atoms with E-state index in [-0.39, 0.29) is 28.3 Å². The summed E-state index contributed by atoms with van der Waals surface area (Å²) in [6, 6.07) is 19.5. The molecule has 10 heteroatoms. The normalized spacial score (nSPS) is 16.3. The van der Waals surface area contributed by atoms with Crippen molar-refractivity contribution in [3.05, 3.63) is 106 Å². The summed E-state index contributed by atoms with van der Waals surface area (Å²) in [5.41, 5.74) is 1.68. The first-order valence-corrected chi connectivity index (χ1v) is 13.8. The van der Waals surface area contributed by atoms with Crippen LogP contribution in [-0.4, -0.2) is 50.0 Å². The quantitative estimate of drug-likeness (QED) is 0.329. The lowest BCUT2D eigenvalue weighted by molar-refractivity contribution is 0.0690. The molecule has 9 nitrogen and oxygen atoms in total. The van der Waals surface area contributed by atoms with Crippen LogP contribution >= 0.6 is 0 Å². The summed E-state index contributed by atoms with van der Waals surface area (Å²) in [5.74, 6) is -0.0481. The van der Waals surface area contributed by atoms with Gasteiger partial charge in [-0.15, -0.1) is 5.10 Å². The van der Waals surface area contributed by atoms with E-state index < -0.39 is 21.4 Å². The number of hydrogen-bond donors (Lipinski definition) is 1. The highest BCUT2D eigenvalue weighted by Gasteiger charge is 2.41. The molecule has 0 bridgehead atoms. The molecule has 3 aromatic carbocycles. The van der Waals surface area contributed by atoms with Crippen molar-refractivity contribution in [1.82, 2.24) is 9.19 Å². The van der Waals surface area contributed by atoms with Crippen molar-refractivity contribution < 1.29 is 32.5 Å². The molecular weight excluding hydrogens is 532 g/mol. The monoisotopic (exact) mass is 560 g/mol. The fourth-order valence-electron chi connectivity index (χ4n) is 5.14. The number of ether oxygens (including phenoxy) is 3. The molecule has 0 saturated carbocycles. The molecule has 0 radical (unpaired) electrons. The minimum absolute atomic E-state index is 0.00740. The first-order chi connectivity index (χ1) is 19.2. The lowest BCUT2D eigenvalue weighted by atomic mass is 9.68. The van der Waals surface area contributed by atoms with Crippen LogP contribution in [0.4, 0.5) is 0 Å². The summed E-state index contributed by atoms with van der Waals surface area (Å²) in [5, 5.41) is 14.1. The van der Waals surface area contributed by atoms with E-state index in [1.165, 1.54) is 33.5 Å². The number of benzene rings is 3. The molecule has 0 saturated heterocycles. The predicted octanol–water partition coefficient (Wildman–Crippen LogP) is 4.71. The van der Waals surface area contributed by atoms with Gasteiger partial charge in [-0.25, -0.2) is 4.79 Å². The van der Waals surface area contributed by atoms with Crippen LogP contribution in [0.1, 0.15) is 38.4 Å². The standard InChI is InChI=1S/C30H28N2O7S/c1-19-10-12-22(13-11-19)40(35,36)32-24-18-30(20-8-6-5-7-9-20,15-14-23(24)27(31-32)29(33)34)21-16-25(37-2)28(39-4)26(17-21)38-3/h5-17H,18H2,1-4H3,(H,33,34). The number of rotatable bonds is 8. The van der Waals surface area contributed by atoms with E-state index >= 15 is 0 Å². The Morgan fingerprint density at radius 2 is 1.55 bits per heavy atom. The van der Waals surface area contributed by atoms with Gasteiger partial charge in [0, 0.05) is 17.4 Å². The Morgan fingerprint density at radius 3 is 2.10 bits per heavy atom. The summed E-state index contributed by atoms with van der Waals surface area (Å²) in [6.07, 6.45) is 3.60. The summed E-state index contributed by atoms with van der Waals surface area (Å²) in [7, 11) is 0.336. The highest BCUT2D eigenvalue weighted by Crippen LogP contribution is 2.48. The van der Waals surface area contributed by atoms with Crippen LogP contribution in [0.2, 0.25) is 0 Å². The summed E-state index contributed by atoms with van der Waals surface area (Å²) < 4.78 is 45.3. The molecule has 0 aliphatic heterocycles. The number of hydrogen-bond acceptors (Lipinski definition) is 7. The number of aryl methyl sites for hydroxylation is 1. The van der Waals surface area contributed by atoms with E-state index in [9.17, 15) is 18.3 Å². The van der Waals surface area contributed by atoms with Crippen LogP contribution in [0, 0.1) is 6.92 Å². The molecule has 1 aliphatic rings. The molecule has 1 atom stereocenters. The van der Waals surface area contributed by atoms with E-state index in [2.05, 4.69) is 5.10 Å². The molecule has 40 heavy (non-hydrogen) atoms. The minimum Gasteiger partial charge on any atom is -0.493 e. The smallest absolute Gasteiger partial charge is 0.357 e. The van der Waals surface area contributed by atoms with Gasteiger partial charge in [0.2, 0.25) is 5.75 Å². The number of allylic oxidation sites excluding steroid dienone is 1. The van der Waals surface area contributed by atoms with Gasteiger partial charge in [0.25, 0.3) is 10.0 Å². The van der Waals surface area contributed by atoms with Gasteiger partial charge in [0.1, 0.15) is 0 Å². The Morgan fingerprint density at radius 1 is 0.925 bits per heavy atom. The van der Waals surface area contributed by atoms with Crippen molar-refractivity contribution >= 4 is 22.1 Å². The Kier molecular flexibility index (Phi) is 6.89. The third kappa shape index (κ3) is 4.30. The van der Waals surface area contributed by atoms with Crippen LogP contribution < -0.4 is 14.2 Å². The molecule has 0 fully saturated rings. The fourth-order valence-corrected chi connectivity index (χ4v) is 6.46. The van der Waals surface area contributed by atoms with Crippen molar-refractivity contribution in [2.24, 2.45) is 0 Å². The highest BCUT2D eigenvalue weighted by molar-refractivity contribution is 7.89. The van der Waals surface area contributed by atoms with Crippen molar-refractivity contribution in [3.63, 3.8) is 0 Å². The SMILES string of the molecule is COc1cc(C2(c3ccccc3)C=Cc3c(C(=O)O)nn(S(=O)(=O)c4ccc(C)cc4)c3C2)cc(OC)c1OC. The van der Waals surface area contributed by atoms with Crippen molar-refractivity contribution in [3.8, 4) is 17.2 Å². The number of carboxylic acid groups (broad SMARTS) is 1. The van der Waals surface area contributed by atoms with Crippen molar-refractivity contribution in [2.75, 3.05) is 21.3 Å². The largest absolute Gasteiger partial charge is 0.493 e. The second-order valence-electron chi connectivity index (χ2n) is 9.44. The lowest BCUT2D eigenvalue weighted by Crippen LogP contribution is -2.33. The number of carboxylic acids is 1. The van der Waals surface area contributed by atoms with Crippen LogP contribution in [0.5, 0.6) is 17.2 Å². The van der Waals surface area contributed by atoms with Crippen molar-refractivity contribution in [1.29, 1.82) is 0 Å². The molecule has 206 valence electrons. The highest BCUT2D eigenvalue weighted by atomic mass is 32.2. The topological polar surface area (TPSA) is 117 Å². The second kappa shape index (κ2) is 10.2. The lowest BCUT2D eigenvalue weighted by Gasteiger charge is -2.35. The van der Waals surface area contributed by atoms with Gasteiger partial charge in [0.05, 0.1) is 31.9 Å². The maximum Gasteiger partial charge on any atom is 0.357 e. The maximum atomic E-state index is 13.8. The Balaban J connectivity index is 1.79. The van der Waals surface area contributed by atoms with Crippen LogP contribution in [0.3, 0.4) is 0 Å². The summed E-state index contributed by atoms with van der Waals surface area (Å²) >= 11 is 0. The van der Waals surface area contributed by atoms with Gasteiger partial charge in [0.15, 0.2) is 17.2 Å². The second-order valence-corrected chi connectivity index (χ2v) is 11.2. The zero-order valence-corrected chi connectivity index (χ0v) is 23.2. The molecule has 1 heterocycles. The van der Waals surface area contributed by atoms with Gasteiger partial charge >= 0.3 is 5.97 Å². The molecule has 1 unspecified atom stereocenters. The molecule has 0 spiro atoms. The Bertz CT molecular complexity index is 1700. The number of fused-ring (bicyclic) bond motifs is 1. The average Bonchev–Trinajstić information content (AvgIpc) is 3.36. The van der Waals surface area contributed by atoms with Gasteiger partial charge in [-0.3, -0.25) is 0 Å². The van der Waals surface area contributed by atoms with Gasteiger partial charge < -0.3 is 19.3 Å². The molecule has 1 aliphatic carbocycles. The van der Waals surface area contributed by atoms with E-state index in [1.54, 1.807) is 18.2 Å².